The highest BCUT2D eigenvalue weighted by Crippen LogP contribution is 2.20. The van der Waals surface area contributed by atoms with Crippen LogP contribution in [0.1, 0.15) is 31.4 Å². The maximum absolute atomic E-state index is 12.7. The van der Waals surface area contributed by atoms with E-state index in [-0.39, 0.29) is 12.1 Å². The quantitative estimate of drug-likeness (QED) is 0.223. The van der Waals surface area contributed by atoms with Gasteiger partial charge in [-0.1, -0.05) is 49.2 Å². The number of aliphatic hydroxyl groups is 2. The van der Waals surface area contributed by atoms with Crippen molar-refractivity contribution in [3.63, 3.8) is 0 Å². The highest BCUT2D eigenvalue weighted by atomic mass is 32.2. The summed E-state index contributed by atoms with van der Waals surface area (Å²) in [6.45, 7) is 10.6. The zero-order valence-electron chi connectivity index (χ0n) is 15.6. The van der Waals surface area contributed by atoms with E-state index < -0.39 is 29.5 Å². The Bertz CT molecular complexity index is 846. The minimum Gasteiger partial charge on any atom is -0.503 e. The number of aliphatic imine (C=N–C) groups is 1. The number of thioether (sulfide) groups is 1. The number of nitrogens with zero attached hydrogens (tertiary/aromatic N) is 1. The molecule has 0 fully saturated rings. The third-order valence-electron chi connectivity index (χ3n) is 3.45. The summed E-state index contributed by atoms with van der Waals surface area (Å²) in [5.41, 5.74) is 0.236. The molecule has 0 unspecified atom stereocenters. The van der Waals surface area contributed by atoms with Gasteiger partial charge in [-0.15, -0.1) is 0 Å². The standard InChI is InChI=1S/C20H22F2N2O3S/c1-5-9-28-14(4)13(3)24-20(27)17(25)12(2)19(26)23-11-15-7-6-8-16(10-15)18(21)22/h5-10,18,25,27H,2,4,11H2,1,3H3,(H,23,26)/b9-5-,20-17-,24-13+. The van der Waals surface area contributed by atoms with E-state index in [1.807, 2.05) is 6.92 Å². The predicted octanol–water partition coefficient (Wildman–Crippen LogP) is 5.32. The number of carbonyl (C=O) groups is 1. The summed E-state index contributed by atoms with van der Waals surface area (Å²) in [4.78, 5) is 16.5. The third kappa shape index (κ3) is 7.03. The van der Waals surface area contributed by atoms with Gasteiger partial charge in [0.05, 0.1) is 11.3 Å². The van der Waals surface area contributed by atoms with Crippen LogP contribution in [0.3, 0.4) is 0 Å². The molecule has 0 saturated heterocycles. The van der Waals surface area contributed by atoms with Crippen molar-refractivity contribution in [2.45, 2.75) is 26.8 Å². The van der Waals surface area contributed by atoms with Crippen LogP contribution < -0.4 is 5.32 Å². The van der Waals surface area contributed by atoms with E-state index in [4.69, 9.17) is 0 Å². The van der Waals surface area contributed by atoms with Crippen molar-refractivity contribution >= 4 is 23.4 Å². The fourth-order valence-electron chi connectivity index (χ4n) is 1.88. The normalized spacial score (nSPS) is 12.8. The summed E-state index contributed by atoms with van der Waals surface area (Å²) in [6, 6.07) is 5.58. The molecule has 0 bridgehead atoms. The van der Waals surface area contributed by atoms with Gasteiger partial charge in [0.15, 0.2) is 5.76 Å². The Balaban J connectivity index is 2.80. The van der Waals surface area contributed by atoms with Gasteiger partial charge in [0, 0.05) is 17.0 Å². The maximum Gasteiger partial charge on any atom is 0.263 e. The van der Waals surface area contributed by atoms with Gasteiger partial charge in [-0.25, -0.2) is 13.8 Å². The first kappa shape index (κ1) is 23.2. The van der Waals surface area contributed by atoms with Crippen LogP contribution >= 0.6 is 11.8 Å². The van der Waals surface area contributed by atoms with Crippen molar-refractivity contribution in [1.29, 1.82) is 0 Å². The lowest BCUT2D eigenvalue weighted by Gasteiger charge is -2.09. The second-order valence-corrected chi connectivity index (χ2v) is 6.59. The number of rotatable bonds is 9. The lowest BCUT2D eigenvalue weighted by molar-refractivity contribution is -0.117. The maximum atomic E-state index is 12.7. The Hall–Kier alpha value is -2.87. The van der Waals surface area contributed by atoms with E-state index in [0.717, 1.165) is 0 Å². The zero-order valence-corrected chi connectivity index (χ0v) is 16.4. The van der Waals surface area contributed by atoms with Gasteiger partial charge in [0.1, 0.15) is 0 Å². The molecule has 0 heterocycles. The minimum absolute atomic E-state index is 0.0501. The molecule has 1 rings (SSSR count). The van der Waals surface area contributed by atoms with Crippen LogP contribution in [0.25, 0.3) is 0 Å². The first-order chi connectivity index (χ1) is 13.2. The van der Waals surface area contributed by atoms with Crippen molar-refractivity contribution in [2.24, 2.45) is 4.99 Å². The van der Waals surface area contributed by atoms with Crippen molar-refractivity contribution in [2.75, 3.05) is 0 Å². The fraction of sp³-hybridized carbons (Fsp3) is 0.200. The monoisotopic (exact) mass is 408 g/mol. The molecule has 0 atom stereocenters. The summed E-state index contributed by atoms with van der Waals surface area (Å²) in [6.07, 6.45) is -0.809. The number of allylic oxidation sites excluding steroid dienone is 2. The Kier molecular flexibility index (Phi) is 9.17. The van der Waals surface area contributed by atoms with Gasteiger partial charge in [-0.05, 0) is 30.9 Å². The van der Waals surface area contributed by atoms with Crippen molar-refractivity contribution < 1.29 is 23.8 Å². The molecule has 0 spiro atoms. The number of benzene rings is 1. The van der Waals surface area contributed by atoms with Gasteiger partial charge >= 0.3 is 0 Å². The molecule has 3 N–H and O–H groups in total. The van der Waals surface area contributed by atoms with Gasteiger partial charge in [-0.3, -0.25) is 4.79 Å². The predicted molar refractivity (Wildman–Crippen MR) is 109 cm³/mol. The summed E-state index contributed by atoms with van der Waals surface area (Å²) in [5, 5.41) is 24.1. The Morgan fingerprint density at radius 1 is 1.36 bits per heavy atom. The molecule has 1 aromatic carbocycles. The first-order valence-electron chi connectivity index (χ1n) is 8.16. The van der Waals surface area contributed by atoms with E-state index in [9.17, 15) is 23.8 Å². The van der Waals surface area contributed by atoms with Crippen LogP contribution in [-0.2, 0) is 11.3 Å². The van der Waals surface area contributed by atoms with Crippen LogP contribution in [0.2, 0.25) is 0 Å². The van der Waals surface area contributed by atoms with E-state index in [1.165, 1.54) is 30.0 Å². The lowest BCUT2D eigenvalue weighted by atomic mass is 10.1. The van der Waals surface area contributed by atoms with Crippen LogP contribution in [0.15, 0.2) is 76.0 Å². The summed E-state index contributed by atoms with van der Waals surface area (Å²) in [7, 11) is 0. The molecular formula is C20H22F2N2O3S. The molecule has 0 aromatic heterocycles. The Morgan fingerprint density at radius 3 is 2.64 bits per heavy atom. The fourth-order valence-corrected chi connectivity index (χ4v) is 2.40. The molecule has 0 saturated carbocycles. The van der Waals surface area contributed by atoms with Crippen LogP contribution in [-0.4, -0.2) is 21.8 Å². The minimum atomic E-state index is -2.61. The van der Waals surface area contributed by atoms with Crippen molar-refractivity contribution in [1.82, 2.24) is 5.32 Å². The van der Waals surface area contributed by atoms with Crippen LogP contribution in [0.5, 0.6) is 0 Å². The summed E-state index contributed by atoms with van der Waals surface area (Å²) < 4.78 is 25.4. The number of carbonyl (C=O) groups excluding carboxylic acids is 1. The number of hydrogen-bond donors (Lipinski definition) is 3. The van der Waals surface area contributed by atoms with Crippen molar-refractivity contribution in [3.05, 3.63) is 82.2 Å². The van der Waals surface area contributed by atoms with E-state index in [0.29, 0.717) is 16.2 Å². The average Bonchev–Trinajstić information content (AvgIpc) is 2.68. The molecule has 0 radical (unpaired) electrons. The number of amides is 1. The smallest absolute Gasteiger partial charge is 0.263 e. The number of hydrogen-bond acceptors (Lipinski definition) is 5. The lowest BCUT2D eigenvalue weighted by Crippen LogP contribution is -2.25. The molecule has 0 aliphatic rings. The van der Waals surface area contributed by atoms with Crippen LogP contribution in [0, 0.1) is 0 Å². The second-order valence-electron chi connectivity index (χ2n) is 5.59. The molecule has 150 valence electrons. The van der Waals surface area contributed by atoms with E-state index in [2.05, 4.69) is 23.5 Å². The number of halogens is 2. The summed E-state index contributed by atoms with van der Waals surface area (Å²) in [5.74, 6) is -2.34. The van der Waals surface area contributed by atoms with E-state index >= 15 is 0 Å². The molecule has 5 nitrogen and oxygen atoms in total. The Morgan fingerprint density at radius 2 is 2.04 bits per heavy atom. The van der Waals surface area contributed by atoms with Gasteiger partial charge in [-0.2, -0.15) is 0 Å². The SMILES string of the molecule is C=C(C(=O)NCc1cccc(C(F)F)c1)/C(O)=C(O)\N=C(/C)C(=C)S/C=C\C. The molecule has 28 heavy (non-hydrogen) atoms. The van der Waals surface area contributed by atoms with Crippen LogP contribution in [0.4, 0.5) is 8.78 Å². The molecule has 8 heteroatoms. The molecule has 0 aliphatic carbocycles. The van der Waals surface area contributed by atoms with Gasteiger partial charge < -0.3 is 15.5 Å². The molecule has 0 aliphatic heterocycles. The number of alkyl halides is 2. The first-order valence-corrected chi connectivity index (χ1v) is 9.04. The topological polar surface area (TPSA) is 81.9 Å². The highest BCUT2D eigenvalue weighted by Gasteiger charge is 2.16. The largest absolute Gasteiger partial charge is 0.503 e. The number of aliphatic hydroxyl groups excluding tert-OH is 2. The van der Waals surface area contributed by atoms with Gasteiger partial charge in [0.2, 0.25) is 0 Å². The van der Waals surface area contributed by atoms with E-state index in [1.54, 1.807) is 24.5 Å². The highest BCUT2D eigenvalue weighted by molar-refractivity contribution is 8.06. The zero-order chi connectivity index (χ0) is 21.3. The Labute approximate surface area is 166 Å². The van der Waals surface area contributed by atoms with Crippen molar-refractivity contribution in [3.8, 4) is 0 Å². The number of nitrogens with one attached hydrogen (secondary N) is 1. The second kappa shape index (κ2) is 11.1. The third-order valence-corrected chi connectivity index (χ3v) is 4.44. The molecular weight excluding hydrogens is 386 g/mol. The molecule has 1 aromatic rings. The molecule has 1 amide bonds. The summed E-state index contributed by atoms with van der Waals surface area (Å²) >= 11 is 1.29. The van der Waals surface area contributed by atoms with Gasteiger partial charge in [0.25, 0.3) is 18.2 Å². The average molecular weight is 408 g/mol.